The first-order chi connectivity index (χ1) is 7.81. The van der Waals surface area contributed by atoms with Crippen molar-refractivity contribution in [1.82, 2.24) is 0 Å². The number of halogens is 9. The Morgan fingerprint density at radius 2 is 1.11 bits per heavy atom. The fourth-order valence-corrected chi connectivity index (χ4v) is 0.841. The zero-order chi connectivity index (χ0) is 14.8. The second-order valence-corrected chi connectivity index (χ2v) is 2.91. The van der Waals surface area contributed by atoms with Gasteiger partial charge in [-0.2, -0.15) is 39.5 Å². The first kappa shape index (κ1) is 16.7. The summed E-state index contributed by atoms with van der Waals surface area (Å²) in [6.07, 6.45) is -19.7. The van der Waals surface area contributed by atoms with Crippen LogP contribution in [0.25, 0.3) is 0 Å². The number of ether oxygens (including phenoxy) is 1. The van der Waals surface area contributed by atoms with Crippen LogP contribution < -0.4 is 0 Å². The summed E-state index contributed by atoms with van der Waals surface area (Å²) in [5, 5.41) is 0. The second kappa shape index (κ2) is 4.78. The number of hydrogen-bond acceptors (Lipinski definition) is 1. The molecule has 0 fully saturated rings. The van der Waals surface area contributed by atoms with Gasteiger partial charge < -0.3 is 4.74 Å². The number of hydrogen-bond donors (Lipinski definition) is 0. The van der Waals surface area contributed by atoms with Gasteiger partial charge in [-0.25, -0.2) is 0 Å². The first-order valence-electron chi connectivity index (χ1n) is 4.17. The summed E-state index contributed by atoms with van der Waals surface area (Å²) in [7, 11) is 0. The van der Waals surface area contributed by atoms with Crippen LogP contribution in [0.4, 0.5) is 39.5 Å². The minimum Gasteiger partial charge on any atom is -0.412 e. The van der Waals surface area contributed by atoms with Gasteiger partial charge in [0, 0.05) is 6.42 Å². The topological polar surface area (TPSA) is 9.23 Å². The van der Waals surface area contributed by atoms with Crippen molar-refractivity contribution in [3.8, 4) is 12.0 Å². The molecular formula is C8H5F9O. The predicted molar refractivity (Wildman–Crippen MR) is 40.0 cm³/mol. The zero-order valence-electron chi connectivity index (χ0n) is 8.52. The van der Waals surface area contributed by atoms with Gasteiger partial charge >= 0.3 is 24.1 Å². The molecule has 106 valence electrons. The summed E-state index contributed by atoms with van der Waals surface area (Å²) in [5.74, 6) is 1.55. The molecule has 0 aliphatic heterocycles. The zero-order valence-corrected chi connectivity index (χ0v) is 8.52. The van der Waals surface area contributed by atoms with E-state index in [1.54, 1.807) is 5.92 Å². The summed E-state index contributed by atoms with van der Waals surface area (Å²) in [5.41, 5.74) is -6.31. The Morgan fingerprint density at radius 1 is 0.778 bits per heavy atom. The molecule has 0 bridgehead atoms. The van der Waals surface area contributed by atoms with Crippen molar-refractivity contribution in [2.24, 2.45) is 0 Å². The highest BCUT2D eigenvalue weighted by Gasteiger charge is 2.87. The molecule has 0 aliphatic rings. The molecule has 0 rings (SSSR count). The van der Waals surface area contributed by atoms with E-state index in [-0.39, 0.29) is 6.42 Å². The minimum absolute atomic E-state index is 0.274. The minimum atomic E-state index is -6.74. The molecule has 0 atom stereocenters. The molecule has 0 N–H and O–H groups in total. The van der Waals surface area contributed by atoms with Crippen molar-refractivity contribution in [1.29, 1.82) is 0 Å². The lowest BCUT2D eigenvalue weighted by Crippen LogP contribution is -2.67. The highest BCUT2D eigenvalue weighted by atomic mass is 19.4. The van der Waals surface area contributed by atoms with E-state index in [0.717, 1.165) is 6.11 Å². The van der Waals surface area contributed by atoms with Crippen LogP contribution in [-0.2, 0) is 4.74 Å². The highest BCUT2D eigenvalue weighted by molar-refractivity contribution is 5.06. The van der Waals surface area contributed by atoms with Gasteiger partial charge in [-0.1, -0.05) is 12.8 Å². The van der Waals surface area contributed by atoms with E-state index in [9.17, 15) is 39.5 Å². The Hall–Kier alpha value is -1.27. The van der Waals surface area contributed by atoms with Gasteiger partial charge in [0.1, 0.15) is 6.11 Å². The highest BCUT2D eigenvalue weighted by Crippen LogP contribution is 2.54. The van der Waals surface area contributed by atoms with E-state index in [2.05, 4.69) is 4.74 Å². The summed E-state index contributed by atoms with van der Waals surface area (Å²) >= 11 is 0. The largest absolute Gasteiger partial charge is 0.448 e. The van der Waals surface area contributed by atoms with Crippen LogP contribution in [0.1, 0.15) is 13.3 Å². The van der Waals surface area contributed by atoms with Gasteiger partial charge in [0.15, 0.2) is 0 Å². The van der Waals surface area contributed by atoms with Crippen LogP contribution in [-0.4, -0.2) is 24.1 Å². The summed E-state index contributed by atoms with van der Waals surface area (Å²) < 4.78 is 112. The van der Waals surface area contributed by atoms with Crippen molar-refractivity contribution >= 4 is 0 Å². The molecule has 0 aromatic heterocycles. The van der Waals surface area contributed by atoms with E-state index in [1.165, 1.54) is 6.92 Å². The average molecular weight is 288 g/mol. The molecule has 0 unspecified atom stereocenters. The molecule has 0 aromatic carbocycles. The van der Waals surface area contributed by atoms with Crippen molar-refractivity contribution < 1.29 is 44.3 Å². The Balaban J connectivity index is 5.92. The van der Waals surface area contributed by atoms with Gasteiger partial charge in [0.2, 0.25) is 0 Å². The van der Waals surface area contributed by atoms with Crippen molar-refractivity contribution in [3.63, 3.8) is 0 Å². The molecule has 0 radical (unpaired) electrons. The lowest BCUT2D eigenvalue weighted by atomic mass is 10.0. The molecular weight excluding hydrogens is 283 g/mol. The smallest absolute Gasteiger partial charge is 0.412 e. The Bertz CT molecular complexity index is 301. The Labute approximate surface area is 94.9 Å². The average Bonchev–Trinajstić information content (AvgIpc) is 2.05. The van der Waals surface area contributed by atoms with E-state index in [1.807, 2.05) is 0 Å². The molecule has 18 heavy (non-hydrogen) atoms. The van der Waals surface area contributed by atoms with Gasteiger partial charge in [0.25, 0.3) is 0 Å². The molecule has 10 heteroatoms. The van der Waals surface area contributed by atoms with Gasteiger partial charge in [-0.3, -0.25) is 0 Å². The molecule has 1 nitrogen and oxygen atoms in total. The number of rotatable bonds is 1. The predicted octanol–water partition coefficient (Wildman–Crippen LogP) is 3.80. The molecule has 0 saturated carbocycles. The molecule has 0 aromatic rings. The molecule has 0 saturated heterocycles. The van der Waals surface area contributed by atoms with E-state index in [0.29, 0.717) is 0 Å². The quantitative estimate of drug-likeness (QED) is 0.527. The first-order valence-corrected chi connectivity index (χ1v) is 4.17. The van der Waals surface area contributed by atoms with E-state index >= 15 is 0 Å². The van der Waals surface area contributed by atoms with Crippen molar-refractivity contribution in [3.05, 3.63) is 0 Å². The molecule has 0 aliphatic carbocycles. The number of alkyl halides is 9. The fourth-order valence-electron chi connectivity index (χ4n) is 0.841. The third kappa shape index (κ3) is 2.76. The van der Waals surface area contributed by atoms with Gasteiger partial charge in [0.05, 0.1) is 0 Å². The van der Waals surface area contributed by atoms with Gasteiger partial charge in [-0.05, 0) is 0 Å². The Kier molecular flexibility index (Phi) is 4.44. The normalized spacial score (nSPS) is 13.9. The summed E-state index contributed by atoms with van der Waals surface area (Å²) in [6.45, 7) is 1.20. The molecule has 0 amide bonds. The van der Waals surface area contributed by atoms with Crippen LogP contribution in [0, 0.1) is 12.0 Å². The Morgan fingerprint density at radius 3 is 1.33 bits per heavy atom. The van der Waals surface area contributed by atoms with Crippen LogP contribution in [0.5, 0.6) is 0 Å². The summed E-state index contributed by atoms with van der Waals surface area (Å²) in [6, 6.07) is 0. The maximum Gasteiger partial charge on any atom is 0.448 e. The van der Waals surface area contributed by atoms with Gasteiger partial charge in [-0.15, -0.1) is 0 Å². The van der Waals surface area contributed by atoms with Crippen LogP contribution in [0.2, 0.25) is 0 Å². The second-order valence-electron chi connectivity index (χ2n) is 2.91. The van der Waals surface area contributed by atoms with E-state index < -0.39 is 24.1 Å². The third-order valence-electron chi connectivity index (χ3n) is 1.65. The molecule has 0 spiro atoms. The van der Waals surface area contributed by atoms with E-state index in [4.69, 9.17) is 0 Å². The third-order valence-corrected chi connectivity index (χ3v) is 1.65. The lowest BCUT2D eigenvalue weighted by Gasteiger charge is -2.35. The monoisotopic (exact) mass is 288 g/mol. The van der Waals surface area contributed by atoms with Crippen molar-refractivity contribution in [2.75, 3.05) is 0 Å². The van der Waals surface area contributed by atoms with Crippen molar-refractivity contribution in [2.45, 2.75) is 37.5 Å². The lowest BCUT2D eigenvalue weighted by molar-refractivity contribution is -0.444. The van der Waals surface area contributed by atoms with Crippen LogP contribution in [0.15, 0.2) is 0 Å². The molecule has 0 heterocycles. The maximum atomic E-state index is 12.2. The standard InChI is InChI=1S/C8H5F9O/c1-2-3-4-18-5(6(9,10)11,7(12,13)14)8(15,16)17/h2H2,1H3. The van der Waals surface area contributed by atoms with Crippen LogP contribution >= 0.6 is 0 Å². The summed E-state index contributed by atoms with van der Waals surface area (Å²) in [4.78, 5) is 0. The fraction of sp³-hybridized carbons (Fsp3) is 0.750. The maximum absolute atomic E-state index is 12.2. The SMILES string of the molecule is CCC#COC(C(F)(F)F)(C(F)(F)F)C(F)(F)F. The van der Waals surface area contributed by atoms with Crippen LogP contribution in [0.3, 0.4) is 0 Å².